The molecule has 0 aliphatic heterocycles. The van der Waals surface area contributed by atoms with E-state index >= 15 is 0 Å². The van der Waals surface area contributed by atoms with Crippen LogP contribution >= 0.6 is 0 Å². The first-order valence-corrected chi connectivity index (χ1v) is 7.42. The molecule has 18 heavy (non-hydrogen) atoms. The van der Waals surface area contributed by atoms with E-state index in [0.717, 1.165) is 18.4 Å². The second-order valence-corrected chi connectivity index (χ2v) is 6.14. The van der Waals surface area contributed by atoms with Gasteiger partial charge in [0.2, 0.25) is 0 Å². The van der Waals surface area contributed by atoms with E-state index in [1.54, 1.807) is 0 Å². The predicted octanol–water partition coefficient (Wildman–Crippen LogP) is 3.24. The lowest BCUT2D eigenvalue weighted by Gasteiger charge is -2.38. The predicted molar refractivity (Wildman–Crippen MR) is 74.6 cm³/mol. The number of nitrogens with zero attached hydrogens (tertiary/aromatic N) is 1. The Morgan fingerprint density at radius 3 is 2.17 bits per heavy atom. The van der Waals surface area contributed by atoms with Crippen LogP contribution in [0.4, 0.5) is 0 Å². The fourth-order valence-corrected chi connectivity index (χ4v) is 3.10. The molecule has 106 valence electrons. The van der Waals surface area contributed by atoms with Gasteiger partial charge in [-0.3, -0.25) is 9.69 Å². The SMILES string of the molecule is CCN(CC(C)C(=O)O)C1CCC(C(C)C)CC1. The maximum absolute atomic E-state index is 10.9. The molecule has 1 aliphatic carbocycles. The molecule has 1 rings (SSSR count). The third-order valence-corrected chi connectivity index (χ3v) is 4.54. The van der Waals surface area contributed by atoms with Crippen LogP contribution in [0.25, 0.3) is 0 Å². The van der Waals surface area contributed by atoms with Crippen molar-refractivity contribution in [1.29, 1.82) is 0 Å². The summed E-state index contributed by atoms with van der Waals surface area (Å²) in [5.41, 5.74) is 0. The quantitative estimate of drug-likeness (QED) is 0.792. The summed E-state index contributed by atoms with van der Waals surface area (Å²) in [6.45, 7) is 10.2. The molecule has 0 aromatic carbocycles. The molecule has 1 saturated carbocycles. The first-order chi connectivity index (χ1) is 8.45. The number of hydrogen-bond acceptors (Lipinski definition) is 2. The van der Waals surface area contributed by atoms with Crippen molar-refractivity contribution in [2.45, 2.75) is 59.4 Å². The molecule has 3 nitrogen and oxygen atoms in total. The van der Waals surface area contributed by atoms with Crippen molar-refractivity contribution < 1.29 is 9.90 Å². The fourth-order valence-electron chi connectivity index (χ4n) is 3.10. The van der Waals surface area contributed by atoms with Gasteiger partial charge >= 0.3 is 5.97 Å². The van der Waals surface area contributed by atoms with E-state index in [-0.39, 0.29) is 5.92 Å². The minimum Gasteiger partial charge on any atom is -0.481 e. The monoisotopic (exact) mass is 255 g/mol. The topological polar surface area (TPSA) is 40.5 Å². The number of rotatable bonds is 6. The van der Waals surface area contributed by atoms with Gasteiger partial charge in [-0.25, -0.2) is 0 Å². The molecule has 1 atom stereocenters. The van der Waals surface area contributed by atoms with Gasteiger partial charge in [-0.05, 0) is 44.1 Å². The Morgan fingerprint density at radius 2 is 1.78 bits per heavy atom. The number of carboxylic acid groups (broad SMARTS) is 1. The normalized spacial score (nSPS) is 26.6. The average molecular weight is 255 g/mol. The van der Waals surface area contributed by atoms with E-state index in [2.05, 4.69) is 25.7 Å². The first-order valence-electron chi connectivity index (χ1n) is 7.42. The molecule has 1 unspecified atom stereocenters. The van der Waals surface area contributed by atoms with Gasteiger partial charge in [-0.1, -0.05) is 27.7 Å². The van der Waals surface area contributed by atoms with E-state index < -0.39 is 5.97 Å². The molecule has 0 amide bonds. The summed E-state index contributed by atoms with van der Waals surface area (Å²) < 4.78 is 0. The van der Waals surface area contributed by atoms with Crippen molar-refractivity contribution in [3.05, 3.63) is 0 Å². The van der Waals surface area contributed by atoms with Gasteiger partial charge in [-0.15, -0.1) is 0 Å². The summed E-state index contributed by atoms with van der Waals surface area (Å²) in [6.07, 6.45) is 5.09. The third kappa shape index (κ3) is 4.27. The lowest BCUT2D eigenvalue weighted by atomic mass is 9.79. The lowest BCUT2D eigenvalue weighted by Crippen LogP contribution is -2.42. The molecule has 0 saturated heterocycles. The van der Waals surface area contributed by atoms with E-state index in [1.165, 1.54) is 25.7 Å². The highest BCUT2D eigenvalue weighted by atomic mass is 16.4. The summed E-state index contributed by atoms with van der Waals surface area (Å²) >= 11 is 0. The summed E-state index contributed by atoms with van der Waals surface area (Å²) in [4.78, 5) is 13.3. The molecular weight excluding hydrogens is 226 g/mol. The zero-order valence-corrected chi connectivity index (χ0v) is 12.4. The molecule has 1 aliphatic rings. The first kappa shape index (κ1) is 15.5. The molecule has 0 aromatic heterocycles. The highest BCUT2D eigenvalue weighted by Gasteiger charge is 2.28. The van der Waals surface area contributed by atoms with Gasteiger partial charge in [0, 0.05) is 12.6 Å². The summed E-state index contributed by atoms with van der Waals surface area (Å²) in [7, 11) is 0. The zero-order chi connectivity index (χ0) is 13.7. The highest BCUT2D eigenvalue weighted by molar-refractivity contribution is 5.69. The molecule has 0 aromatic rings. The van der Waals surface area contributed by atoms with Crippen LogP contribution in [-0.2, 0) is 4.79 Å². The van der Waals surface area contributed by atoms with Gasteiger partial charge < -0.3 is 5.11 Å². The number of carbonyl (C=O) groups is 1. The maximum Gasteiger partial charge on any atom is 0.307 e. The minimum atomic E-state index is -0.677. The van der Waals surface area contributed by atoms with Crippen LogP contribution in [0.2, 0.25) is 0 Å². The van der Waals surface area contributed by atoms with Crippen LogP contribution in [0.15, 0.2) is 0 Å². The Bertz CT molecular complexity index is 257. The van der Waals surface area contributed by atoms with Gasteiger partial charge in [0.25, 0.3) is 0 Å². The van der Waals surface area contributed by atoms with Crippen molar-refractivity contribution in [2.24, 2.45) is 17.8 Å². The summed E-state index contributed by atoms with van der Waals surface area (Å²) in [5.74, 6) is 0.730. The van der Waals surface area contributed by atoms with Crippen LogP contribution in [0.5, 0.6) is 0 Å². The van der Waals surface area contributed by atoms with Crippen LogP contribution in [0.1, 0.15) is 53.4 Å². The van der Waals surface area contributed by atoms with Crippen molar-refractivity contribution in [3.63, 3.8) is 0 Å². The minimum absolute atomic E-state index is 0.257. The highest BCUT2D eigenvalue weighted by Crippen LogP contribution is 2.32. The average Bonchev–Trinajstić information content (AvgIpc) is 2.35. The van der Waals surface area contributed by atoms with Crippen molar-refractivity contribution in [2.75, 3.05) is 13.1 Å². The van der Waals surface area contributed by atoms with E-state index in [1.807, 2.05) is 6.92 Å². The van der Waals surface area contributed by atoms with Crippen LogP contribution in [0, 0.1) is 17.8 Å². The third-order valence-electron chi connectivity index (χ3n) is 4.54. The van der Waals surface area contributed by atoms with Crippen LogP contribution < -0.4 is 0 Å². The van der Waals surface area contributed by atoms with Gasteiger partial charge in [0.05, 0.1) is 5.92 Å². The van der Waals surface area contributed by atoms with Gasteiger partial charge in [0.15, 0.2) is 0 Å². The Labute approximate surface area is 112 Å². The summed E-state index contributed by atoms with van der Waals surface area (Å²) in [6, 6.07) is 0.604. The molecular formula is C15H29NO2. The standard InChI is InChI=1S/C15H29NO2/c1-5-16(10-12(4)15(17)18)14-8-6-13(7-9-14)11(2)3/h11-14H,5-10H2,1-4H3,(H,17,18). The van der Waals surface area contributed by atoms with Crippen molar-refractivity contribution in [1.82, 2.24) is 4.90 Å². The van der Waals surface area contributed by atoms with Gasteiger partial charge in [0.1, 0.15) is 0 Å². The van der Waals surface area contributed by atoms with E-state index in [4.69, 9.17) is 5.11 Å². The van der Waals surface area contributed by atoms with Crippen LogP contribution in [0.3, 0.4) is 0 Å². The lowest BCUT2D eigenvalue weighted by molar-refractivity contribution is -0.142. The zero-order valence-electron chi connectivity index (χ0n) is 12.4. The fraction of sp³-hybridized carbons (Fsp3) is 0.933. The number of hydrogen-bond donors (Lipinski definition) is 1. The Morgan fingerprint density at radius 1 is 1.22 bits per heavy atom. The summed E-state index contributed by atoms with van der Waals surface area (Å²) in [5, 5.41) is 9.01. The molecule has 3 heteroatoms. The van der Waals surface area contributed by atoms with Gasteiger partial charge in [-0.2, -0.15) is 0 Å². The molecule has 1 N–H and O–H groups in total. The second-order valence-electron chi connectivity index (χ2n) is 6.14. The van der Waals surface area contributed by atoms with Crippen LogP contribution in [-0.4, -0.2) is 35.1 Å². The largest absolute Gasteiger partial charge is 0.481 e. The van der Waals surface area contributed by atoms with Crippen molar-refractivity contribution in [3.8, 4) is 0 Å². The van der Waals surface area contributed by atoms with E-state index in [0.29, 0.717) is 12.6 Å². The molecule has 0 heterocycles. The molecule has 0 spiro atoms. The Hall–Kier alpha value is -0.570. The smallest absolute Gasteiger partial charge is 0.307 e. The number of aliphatic carboxylic acids is 1. The maximum atomic E-state index is 10.9. The Balaban J connectivity index is 2.45. The molecule has 1 fully saturated rings. The Kier molecular flexibility index (Phi) is 6.13. The second kappa shape index (κ2) is 7.13. The van der Waals surface area contributed by atoms with Crippen molar-refractivity contribution >= 4 is 5.97 Å². The van der Waals surface area contributed by atoms with E-state index in [9.17, 15) is 4.79 Å². The molecule has 0 radical (unpaired) electrons. The number of carboxylic acids is 1. The molecule has 0 bridgehead atoms.